The Hall–Kier alpha value is -3.50. The summed E-state index contributed by atoms with van der Waals surface area (Å²) < 4.78 is 5.42. The van der Waals surface area contributed by atoms with Gasteiger partial charge in [0.2, 0.25) is 0 Å². The van der Waals surface area contributed by atoms with E-state index in [4.69, 9.17) is 21.3 Å². The maximum absolute atomic E-state index is 13.1. The van der Waals surface area contributed by atoms with Crippen LogP contribution in [0.1, 0.15) is 65.3 Å². The highest BCUT2D eigenvalue weighted by Crippen LogP contribution is 2.26. The van der Waals surface area contributed by atoms with Crippen molar-refractivity contribution in [2.24, 2.45) is 0 Å². The Bertz CT molecular complexity index is 1330. The van der Waals surface area contributed by atoms with Gasteiger partial charge in [-0.05, 0) is 54.8 Å². The van der Waals surface area contributed by atoms with E-state index in [0.29, 0.717) is 32.7 Å². The molecule has 4 nitrogen and oxygen atoms in total. The molecule has 0 atom stereocenters. The number of nitrogens with zero attached hydrogens (tertiary/aromatic N) is 1. The summed E-state index contributed by atoms with van der Waals surface area (Å²) in [7, 11) is 0. The summed E-state index contributed by atoms with van der Waals surface area (Å²) in [6, 6.07) is 24.1. The number of carbonyl (C=O) groups excluding carboxylic acids is 2. The molecule has 0 amide bonds. The number of carbonyl (C=O) groups is 2. The van der Waals surface area contributed by atoms with Gasteiger partial charge in [-0.3, -0.25) is 4.79 Å². The van der Waals surface area contributed by atoms with Gasteiger partial charge in [0.25, 0.3) is 0 Å². The van der Waals surface area contributed by atoms with Gasteiger partial charge in [0.15, 0.2) is 12.4 Å². The molecule has 1 heterocycles. The van der Waals surface area contributed by atoms with E-state index < -0.39 is 5.97 Å². The van der Waals surface area contributed by atoms with Crippen LogP contribution in [0.4, 0.5) is 0 Å². The summed E-state index contributed by atoms with van der Waals surface area (Å²) in [5.41, 5.74) is 4.46. The van der Waals surface area contributed by atoms with Crippen LogP contribution in [-0.4, -0.2) is 23.3 Å². The first-order valence-electron chi connectivity index (χ1n) is 12.5. The van der Waals surface area contributed by atoms with Crippen LogP contribution in [0.25, 0.3) is 22.2 Å². The standard InChI is InChI=1S/C31H30ClNO3/c1-2-3-4-5-6-9-22-12-14-23(15-13-22)29-20-27(26-10-7-8-11-28(26)33-29)31(35)36-21-30(34)24-16-18-25(32)19-17-24/h7-8,10-20H,2-6,9,21H2,1H3. The van der Waals surface area contributed by atoms with Crippen LogP contribution in [0.15, 0.2) is 78.9 Å². The zero-order valence-corrected chi connectivity index (χ0v) is 21.3. The molecule has 1 aromatic heterocycles. The number of ketones is 1. The van der Waals surface area contributed by atoms with Gasteiger partial charge >= 0.3 is 5.97 Å². The molecule has 0 radical (unpaired) electrons. The van der Waals surface area contributed by atoms with Crippen molar-refractivity contribution in [3.63, 3.8) is 0 Å². The number of esters is 1. The number of hydrogen-bond donors (Lipinski definition) is 0. The number of rotatable bonds is 11. The molecule has 4 rings (SSSR count). The highest BCUT2D eigenvalue weighted by Gasteiger charge is 2.17. The van der Waals surface area contributed by atoms with Gasteiger partial charge in [0.1, 0.15) is 0 Å². The van der Waals surface area contributed by atoms with E-state index in [1.165, 1.54) is 37.7 Å². The topological polar surface area (TPSA) is 56.3 Å². The van der Waals surface area contributed by atoms with E-state index in [1.807, 2.05) is 24.3 Å². The fourth-order valence-corrected chi connectivity index (χ4v) is 4.32. The van der Waals surface area contributed by atoms with Gasteiger partial charge in [-0.15, -0.1) is 0 Å². The summed E-state index contributed by atoms with van der Waals surface area (Å²) >= 11 is 5.89. The molecule has 0 spiro atoms. The monoisotopic (exact) mass is 499 g/mol. The highest BCUT2D eigenvalue weighted by molar-refractivity contribution is 6.30. The first-order valence-corrected chi connectivity index (χ1v) is 12.9. The van der Waals surface area contributed by atoms with E-state index in [1.54, 1.807) is 30.3 Å². The minimum atomic E-state index is -0.555. The average Bonchev–Trinajstić information content (AvgIpc) is 2.91. The molecule has 184 valence electrons. The fraction of sp³-hybridized carbons (Fsp3) is 0.258. The lowest BCUT2D eigenvalue weighted by molar-refractivity contribution is 0.0476. The first-order chi connectivity index (χ1) is 17.5. The zero-order valence-electron chi connectivity index (χ0n) is 20.5. The molecular formula is C31H30ClNO3. The molecule has 5 heteroatoms. The third-order valence-electron chi connectivity index (χ3n) is 6.26. The van der Waals surface area contributed by atoms with Gasteiger partial charge in [-0.2, -0.15) is 0 Å². The highest BCUT2D eigenvalue weighted by atomic mass is 35.5. The summed E-state index contributed by atoms with van der Waals surface area (Å²) in [6.07, 6.45) is 7.36. The third kappa shape index (κ3) is 6.58. The molecule has 36 heavy (non-hydrogen) atoms. The fourth-order valence-electron chi connectivity index (χ4n) is 4.19. The normalized spacial score (nSPS) is 10.9. The van der Waals surface area contributed by atoms with Crippen molar-refractivity contribution in [3.05, 3.63) is 101 Å². The van der Waals surface area contributed by atoms with Crippen molar-refractivity contribution in [3.8, 4) is 11.3 Å². The largest absolute Gasteiger partial charge is 0.454 e. The van der Waals surface area contributed by atoms with Gasteiger partial charge in [0, 0.05) is 21.5 Å². The second kappa shape index (κ2) is 12.5. The minimum Gasteiger partial charge on any atom is -0.454 e. The average molecular weight is 500 g/mol. The summed E-state index contributed by atoms with van der Waals surface area (Å²) in [5, 5.41) is 1.23. The number of para-hydroxylation sites is 1. The molecular weight excluding hydrogens is 470 g/mol. The Kier molecular flexibility index (Phi) is 8.85. The molecule has 0 fully saturated rings. The van der Waals surface area contributed by atoms with E-state index in [9.17, 15) is 9.59 Å². The number of unbranched alkanes of at least 4 members (excludes halogenated alkanes) is 4. The van der Waals surface area contributed by atoms with Crippen LogP contribution < -0.4 is 0 Å². The number of ether oxygens (including phenoxy) is 1. The molecule has 3 aromatic carbocycles. The molecule has 0 N–H and O–H groups in total. The van der Waals surface area contributed by atoms with Gasteiger partial charge in [-0.1, -0.05) is 86.7 Å². The van der Waals surface area contributed by atoms with Crippen LogP contribution in [-0.2, 0) is 11.2 Å². The van der Waals surface area contributed by atoms with Crippen molar-refractivity contribution < 1.29 is 14.3 Å². The SMILES string of the molecule is CCCCCCCc1ccc(-c2cc(C(=O)OCC(=O)c3ccc(Cl)cc3)c3ccccc3n2)cc1. The van der Waals surface area contributed by atoms with E-state index in [2.05, 4.69) is 31.2 Å². The number of hydrogen-bond acceptors (Lipinski definition) is 4. The summed E-state index contributed by atoms with van der Waals surface area (Å²) in [5.74, 6) is -0.843. The van der Waals surface area contributed by atoms with Gasteiger partial charge in [-0.25, -0.2) is 9.78 Å². The van der Waals surface area contributed by atoms with Crippen LogP contribution in [0.5, 0.6) is 0 Å². The molecule has 0 saturated carbocycles. The summed E-state index contributed by atoms with van der Waals surface area (Å²) in [6.45, 7) is 1.88. The number of halogens is 1. The third-order valence-corrected chi connectivity index (χ3v) is 6.51. The predicted molar refractivity (Wildman–Crippen MR) is 146 cm³/mol. The second-order valence-electron chi connectivity index (χ2n) is 8.94. The van der Waals surface area contributed by atoms with Crippen LogP contribution in [0, 0.1) is 0 Å². The van der Waals surface area contributed by atoms with Gasteiger partial charge < -0.3 is 4.74 Å². The van der Waals surface area contributed by atoms with Crippen molar-refractivity contribution >= 4 is 34.3 Å². The first kappa shape index (κ1) is 25.6. The smallest absolute Gasteiger partial charge is 0.339 e. The quantitative estimate of drug-likeness (QED) is 0.119. The molecule has 0 aliphatic heterocycles. The Morgan fingerprint density at radius 2 is 1.58 bits per heavy atom. The van der Waals surface area contributed by atoms with Crippen LogP contribution in [0.2, 0.25) is 5.02 Å². The molecule has 0 aliphatic carbocycles. The Morgan fingerprint density at radius 3 is 2.33 bits per heavy atom. The van der Waals surface area contributed by atoms with Crippen molar-refractivity contribution in [2.45, 2.75) is 45.4 Å². The number of aryl methyl sites for hydroxylation is 1. The molecule has 0 saturated heterocycles. The molecule has 0 bridgehead atoms. The van der Waals surface area contributed by atoms with E-state index >= 15 is 0 Å². The van der Waals surface area contributed by atoms with Crippen molar-refractivity contribution in [1.82, 2.24) is 4.98 Å². The second-order valence-corrected chi connectivity index (χ2v) is 9.38. The van der Waals surface area contributed by atoms with E-state index in [-0.39, 0.29) is 12.4 Å². The molecule has 0 aliphatic rings. The van der Waals surface area contributed by atoms with E-state index in [0.717, 1.165) is 12.0 Å². The lowest BCUT2D eigenvalue weighted by atomic mass is 10.0. The van der Waals surface area contributed by atoms with Crippen molar-refractivity contribution in [2.75, 3.05) is 6.61 Å². The lowest BCUT2D eigenvalue weighted by Crippen LogP contribution is -2.15. The molecule has 0 unspecified atom stereocenters. The molecule has 4 aromatic rings. The minimum absolute atomic E-state index is 0.288. The lowest BCUT2D eigenvalue weighted by Gasteiger charge is -2.11. The summed E-state index contributed by atoms with van der Waals surface area (Å²) in [4.78, 5) is 30.3. The van der Waals surface area contributed by atoms with Crippen molar-refractivity contribution in [1.29, 1.82) is 0 Å². The Labute approximate surface area is 217 Å². The number of fused-ring (bicyclic) bond motifs is 1. The number of aromatic nitrogens is 1. The Morgan fingerprint density at radius 1 is 0.861 bits per heavy atom. The number of pyridine rings is 1. The maximum Gasteiger partial charge on any atom is 0.339 e. The van der Waals surface area contributed by atoms with Crippen LogP contribution >= 0.6 is 11.6 Å². The van der Waals surface area contributed by atoms with Gasteiger partial charge in [0.05, 0.1) is 16.8 Å². The zero-order chi connectivity index (χ0) is 25.3. The number of Topliss-reactive ketones (excluding diaryl/α,β-unsaturated/α-hetero) is 1. The number of benzene rings is 3. The van der Waals surface area contributed by atoms with Crippen LogP contribution in [0.3, 0.4) is 0 Å². The Balaban J connectivity index is 1.50. The maximum atomic E-state index is 13.1. The predicted octanol–water partition coefficient (Wildman–Crippen LogP) is 8.11.